The topological polar surface area (TPSA) is 18.5 Å². The Kier molecular flexibility index (Phi) is 4.61. The molecule has 1 fully saturated rings. The molecule has 16 heavy (non-hydrogen) atoms. The van der Waals surface area contributed by atoms with Crippen molar-refractivity contribution < 1.29 is 9.16 Å². The predicted molar refractivity (Wildman–Crippen MR) is 71.3 cm³/mol. The third-order valence-electron chi connectivity index (χ3n) is 4.22. The lowest BCUT2D eigenvalue weighted by Gasteiger charge is -2.39. The maximum absolute atomic E-state index is 6.49. The molecular formula is C13H28O2Si. The van der Waals surface area contributed by atoms with Gasteiger partial charge in [-0.05, 0) is 31.0 Å². The lowest BCUT2D eigenvalue weighted by Crippen LogP contribution is -2.45. The average molecular weight is 244 g/mol. The molecule has 2 atom stereocenters. The maximum atomic E-state index is 6.49. The van der Waals surface area contributed by atoms with Gasteiger partial charge in [-0.15, -0.1) is 0 Å². The largest absolute Gasteiger partial charge is 0.414 e. The first-order valence-electron chi connectivity index (χ1n) is 6.44. The van der Waals surface area contributed by atoms with Crippen molar-refractivity contribution in [2.24, 2.45) is 5.92 Å². The van der Waals surface area contributed by atoms with Crippen LogP contribution in [0.25, 0.3) is 0 Å². The minimum Gasteiger partial charge on any atom is -0.414 e. The van der Waals surface area contributed by atoms with Gasteiger partial charge < -0.3 is 9.16 Å². The molecule has 0 aromatic carbocycles. The molecule has 3 heteroatoms. The maximum Gasteiger partial charge on any atom is 0.192 e. The summed E-state index contributed by atoms with van der Waals surface area (Å²) in [6.45, 7) is 12.5. The van der Waals surface area contributed by atoms with Crippen molar-refractivity contribution in [3.05, 3.63) is 0 Å². The minimum atomic E-state index is -1.60. The van der Waals surface area contributed by atoms with Gasteiger partial charge in [0.15, 0.2) is 8.32 Å². The van der Waals surface area contributed by atoms with E-state index in [0.29, 0.717) is 17.1 Å². The Bertz CT molecular complexity index is 220. The summed E-state index contributed by atoms with van der Waals surface area (Å²) in [5.41, 5.74) is 0. The summed E-state index contributed by atoms with van der Waals surface area (Å²) in [5.74, 6) is 0.624. The Morgan fingerprint density at radius 2 is 1.81 bits per heavy atom. The zero-order valence-corrected chi connectivity index (χ0v) is 12.8. The van der Waals surface area contributed by atoms with Crippen LogP contribution in [-0.2, 0) is 9.16 Å². The van der Waals surface area contributed by atoms with Crippen LogP contribution in [0.3, 0.4) is 0 Å². The summed E-state index contributed by atoms with van der Waals surface area (Å²) >= 11 is 0. The molecule has 96 valence electrons. The van der Waals surface area contributed by atoms with E-state index in [1.807, 2.05) is 0 Å². The Labute approximate surface area is 102 Å². The summed E-state index contributed by atoms with van der Waals surface area (Å²) in [7, 11) is 0.197. The number of rotatable bonds is 4. The predicted octanol–water partition coefficient (Wildman–Crippen LogP) is 3.82. The van der Waals surface area contributed by atoms with Crippen LogP contribution in [0, 0.1) is 5.92 Å². The van der Waals surface area contributed by atoms with Crippen LogP contribution in [0.2, 0.25) is 18.1 Å². The highest BCUT2D eigenvalue weighted by molar-refractivity contribution is 6.74. The number of methoxy groups -OCH3 is 1. The number of ether oxygens (including phenoxy) is 1. The van der Waals surface area contributed by atoms with Crippen LogP contribution >= 0.6 is 0 Å². The minimum absolute atomic E-state index is 0.313. The number of hydrogen-bond acceptors (Lipinski definition) is 2. The summed E-state index contributed by atoms with van der Waals surface area (Å²) in [5, 5.41) is 0.313. The highest BCUT2D eigenvalue weighted by Gasteiger charge is 2.41. The molecule has 0 N–H and O–H groups in total. The van der Waals surface area contributed by atoms with Crippen LogP contribution in [-0.4, -0.2) is 28.1 Å². The van der Waals surface area contributed by atoms with E-state index in [2.05, 4.69) is 33.9 Å². The zero-order chi connectivity index (χ0) is 12.4. The fourth-order valence-electron chi connectivity index (χ4n) is 2.12. The van der Waals surface area contributed by atoms with Gasteiger partial charge in [-0.1, -0.05) is 27.2 Å². The molecule has 1 aliphatic rings. The van der Waals surface area contributed by atoms with Gasteiger partial charge in [0.05, 0.1) is 12.7 Å². The Hall–Kier alpha value is 0.137. The van der Waals surface area contributed by atoms with Crippen LogP contribution < -0.4 is 0 Å². The van der Waals surface area contributed by atoms with E-state index < -0.39 is 8.32 Å². The van der Waals surface area contributed by atoms with Gasteiger partial charge in [0.2, 0.25) is 0 Å². The van der Waals surface area contributed by atoms with Gasteiger partial charge in [-0.3, -0.25) is 0 Å². The molecule has 0 aliphatic heterocycles. The van der Waals surface area contributed by atoms with Crippen LogP contribution in [0.4, 0.5) is 0 Å². The van der Waals surface area contributed by atoms with E-state index in [1.165, 1.54) is 19.3 Å². The van der Waals surface area contributed by atoms with Crippen molar-refractivity contribution in [1.29, 1.82) is 0 Å². The molecule has 2 nitrogen and oxygen atoms in total. The first-order chi connectivity index (χ1) is 7.28. The normalized spacial score (nSPS) is 27.4. The van der Waals surface area contributed by atoms with Crippen molar-refractivity contribution in [3.63, 3.8) is 0 Å². The van der Waals surface area contributed by atoms with Gasteiger partial charge in [0, 0.05) is 13.0 Å². The Morgan fingerprint density at radius 3 is 2.31 bits per heavy atom. The smallest absolute Gasteiger partial charge is 0.192 e. The number of hydrogen-bond donors (Lipinski definition) is 0. The quantitative estimate of drug-likeness (QED) is 0.700. The fourth-order valence-corrected chi connectivity index (χ4v) is 3.54. The Balaban J connectivity index is 2.59. The van der Waals surface area contributed by atoms with Gasteiger partial charge in [-0.2, -0.15) is 0 Å². The molecule has 0 radical (unpaired) electrons. The summed E-state index contributed by atoms with van der Waals surface area (Å²) in [6, 6.07) is 0. The van der Waals surface area contributed by atoms with Crippen molar-refractivity contribution in [2.75, 3.05) is 13.7 Å². The van der Waals surface area contributed by atoms with Crippen molar-refractivity contribution >= 4 is 8.32 Å². The first-order valence-corrected chi connectivity index (χ1v) is 9.35. The van der Waals surface area contributed by atoms with Crippen LogP contribution in [0.15, 0.2) is 0 Å². The van der Waals surface area contributed by atoms with Gasteiger partial charge in [0.25, 0.3) is 0 Å². The third kappa shape index (κ3) is 3.31. The summed E-state index contributed by atoms with van der Waals surface area (Å²) in [6.07, 6.45) is 4.24. The van der Waals surface area contributed by atoms with Crippen molar-refractivity contribution in [1.82, 2.24) is 0 Å². The molecule has 1 aliphatic carbocycles. The molecule has 0 amide bonds. The fraction of sp³-hybridized carbons (Fsp3) is 1.00. The van der Waals surface area contributed by atoms with E-state index in [0.717, 1.165) is 6.61 Å². The zero-order valence-electron chi connectivity index (χ0n) is 11.8. The molecule has 0 heterocycles. The molecule has 0 saturated heterocycles. The lowest BCUT2D eigenvalue weighted by molar-refractivity contribution is 0.0744. The molecule has 0 aromatic heterocycles. The van der Waals surface area contributed by atoms with E-state index in [9.17, 15) is 0 Å². The highest BCUT2D eigenvalue weighted by Crippen LogP contribution is 2.40. The molecule has 0 spiro atoms. The lowest BCUT2D eigenvalue weighted by atomic mass is 10.1. The van der Waals surface area contributed by atoms with Crippen molar-refractivity contribution in [3.8, 4) is 0 Å². The Morgan fingerprint density at radius 1 is 1.19 bits per heavy atom. The summed E-state index contributed by atoms with van der Waals surface area (Å²) < 4.78 is 11.8. The molecule has 2 unspecified atom stereocenters. The van der Waals surface area contributed by atoms with Gasteiger partial charge in [-0.25, -0.2) is 0 Å². The average Bonchev–Trinajstić information content (AvgIpc) is 2.51. The molecule has 0 bridgehead atoms. The SMILES string of the molecule is COCC1CCCC1O[Si](C)(C)C(C)(C)C. The van der Waals surface area contributed by atoms with Crippen LogP contribution in [0.1, 0.15) is 40.0 Å². The second kappa shape index (κ2) is 5.19. The van der Waals surface area contributed by atoms with Crippen molar-refractivity contribution in [2.45, 2.75) is 64.3 Å². The molecule has 0 aromatic rings. The van der Waals surface area contributed by atoms with E-state index >= 15 is 0 Å². The highest BCUT2D eigenvalue weighted by atomic mass is 28.4. The molecule has 1 rings (SSSR count). The second-order valence-electron chi connectivity index (χ2n) is 6.56. The third-order valence-corrected chi connectivity index (χ3v) is 8.73. The van der Waals surface area contributed by atoms with E-state index in [-0.39, 0.29) is 0 Å². The molecule has 1 saturated carbocycles. The van der Waals surface area contributed by atoms with Crippen LogP contribution in [0.5, 0.6) is 0 Å². The molecular weight excluding hydrogens is 216 g/mol. The van der Waals surface area contributed by atoms with Gasteiger partial charge in [0.1, 0.15) is 0 Å². The summed E-state index contributed by atoms with van der Waals surface area (Å²) in [4.78, 5) is 0. The second-order valence-corrected chi connectivity index (χ2v) is 11.3. The standard InChI is InChI=1S/C13H28O2Si/c1-13(2,3)16(5,6)15-12-9-7-8-11(12)10-14-4/h11-12H,7-10H2,1-6H3. The first kappa shape index (κ1) is 14.2. The monoisotopic (exact) mass is 244 g/mol. The van der Waals surface area contributed by atoms with E-state index in [4.69, 9.17) is 9.16 Å². The van der Waals surface area contributed by atoms with Gasteiger partial charge >= 0.3 is 0 Å². The van der Waals surface area contributed by atoms with E-state index in [1.54, 1.807) is 7.11 Å².